The second-order valence-electron chi connectivity index (χ2n) is 5.60. The predicted molar refractivity (Wildman–Crippen MR) is 84.3 cm³/mol. The number of piperidine rings is 1. The fourth-order valence-electron chi connectivity index (χ4n) is 2.74. The molecule has 21 heavy (non-hydrogen) atoms. The van der Waals surface area contributed by atoms with Crippen molar-refractivity contribution in [2.75, 3.05) is 18.0 Å². The minimum Gasteiger partial charge on any atom is -0.388 e. The highest BCUT2D eigenvalue weighted by Crippen LogP contribution is 2.33. The number of halogens is 3. The molecule has 112 valence electrons. The van der Waals surface area contributed by atoms with E-state index in [1.165, 1.54) is 0 Å². The fraction of sp³-hybridized carbons (Fsp3) is 0.429. The zero-order valence-electron chi connectivity index (χ0n) is 11.4. The molecule has 0 amide bonds. The van der Waals surface area contributed by atoms with E-state index in [-0.39, 0.29) is 10.8 Å². The average molecular weight is 375 g/mol. The average Bonchev–Trinajstić information content (AvgIpc) is 2.41. The molecule has 1 atom stereocenters. The predicted octanol–water partition coefficient (Wildman–Crippen LogP) is 3.54. The van der Waals surface area contributed by atoms with E-state index in [9.17, 15) is 9.50 Å². The maximum Gasteiger partial charge on any atom is 0.225 e. The number of rotatable bonds is 1. The van der Waals surface area contributed by atoms with Crippen LogP contribution in [0.4, 0.5) is 10.2 Å². The van der Waals surface area contributed by atoms with Crippen LogP contribution in [0, 0.1) is 5.82 Å². The van der Waals surface area contributed by atoms with Gasteiger partial charge in [0.05, 0.1) is 10.1 Å². The standard InChI is InChI=1S/C14H14BrClFN3O/c1-14(21)5-2-6-20(7-14)12-8-3-4-9(15)10(17)11(8)18-13(16)19-12/h3-4,21H,2,5-7H2,1H3. The number of nitrogens with zero attached hydrogens (tertiary/aromatic N) is 3. The maximum absolute atomic E-state index is 14.2. The molecule has 0 saturated carbocycles. The lowest BCUT2D eigenvalue weighted by Crippen LogP contribution is -2.46. The van der Waals surface area contributed by atoms with Crippen LogP contribution in [0.1, 0.15) is 19.8 Å². The van der Waals surface area contributed by atoms with Gasteiger partial charge in [-0.15, -0.1) is 0 Å². The summed E-state index contributed by atoms with van der Waals surface area (Å²) < 4.78 is 14.5. The molecular weight excluding hydrogens is 361 g/mol. The van der Waals surface area contributed by atoms with Crippen molar-refractivity contribution in [3.05, 3.63) is 27.7 Å². The molecule has 0 spiro atoms. The van der Waals surface area contributed by atoms with Crippen LogP contribution in [-0.4, -0.2) is 33.8 Å². The molecule has 1 aliphatic heterocycles. The minimum absolute atomic E-state index is 0.000263. The Bertz CT molecular complexity index is 710. The van der Waals surface area contributed by atoms with E-state index >= 15 is 0 Å². The Hall–Kier alpha value is -0.980. The Morgan fingerprint density at radius 2 is 2.19 bits per heavy atom. The summed E-state index contributed by atoms with van der Waals surface area (Å²) in [4.78, 5) is 10.2. The number of β-amino-alcohol motifs (C(OH)–C–C–N with tert-alkyl or cyclic N) is 1. The summed E-state index contributed by atoms with van der Waals surface area (Å²) in [5, 5.41) is 10.8. The first-order chi connectivity index (χ1) is 9.87. The van der Waals surface area contributed by atoms with Gasteiger partial charge in [-0.1, -0.05) is 0 Å². The van der Waals surface area contributed by atoms with Gasteiger partial charge in [-0.25, -0.2) is 9.37 Å². The molecule has 0 aliphatic carbocycles. The molecule has 1 unspecified atom stereocenters. The first-order valence-electron chi connectivity index (χ1n) is 6.66. The van der Waals surface area contributed by atoms with E-state index < -0.39 is 11.4 Å². The van der Waals surface area contributed by atoms with Crippen LogP contribution in [-0.2, 0) is 0 Å². The molecular formula is C14H14BrClFN3O. The van der Waals surface area contributed by atoms with Gasteiger partial charge in [0.2, 0.25) is 5.28 Å². The van der Waals surface area contributed by atoms with E-state index in [4.69, 9.17) is 11.6 Å². The van der Waals surface area contributed by atoms with Gasteiger partial charge in [-0.2, -0.15) is 4.98 Å². The van der Waals surface area contributed by atoms with Crippen molar-refractivity contribution in [2.45, 2.75) is 25.4 Å². The van der Waals surface area contributed by atoms with Crippen molar-refractivity contribution < 1.29 is 9.50 Å². The van der Waals surface area contributed by atoms with Crippen LogP contribution < -0.4 is 4.90 Å². The molecule has 2 aromatic rings. The fourth-order valence-corrected chi connectivity index (χ4v) is 3.22. The molecule has 7 heteroatoms. The van der Waals surface area contributed by atoms with Gasteiger partial charge in [0.1, 0.15) is 11.3 Å². The lowest BCUT2D eigenvalue weighted by atomic mass is 9.95. The molecule has 0 radical (unpaired) electrons. The van der Waals surface area contributed by atoms with E-state index in [1.54, 1.807) is 19.1 Å². The van der Waals surface area contributed by atoms with Gasteiger partial charge in [0.25, 0.3) is 0 Å². The normalized spacial score (nSPS) is 22.8. The number of aliphatic hydroxyl groups is 1. The Labute approximate surface area is 135 Å². The molecule has 1 saturated heterocycles. The van der Waals surface area contributed by atoms with Crippen molar-refractivity contribution in [3.63, 3.8) is 0 Å². The van der Waals surface area contributed by atoms with Crippen LogP contribution in [0.2, 0.25) is 5.28 Å². The molecule has 4 nitrogen and oxygen atoms in total. The summed E-state index contributed by atoms with van der Waals surface area (Å²) >= 11 is 9.09. The van der Waals surface area contributed by atoms with Crippen molar-refractivity contribution in [3.8, 4) is 0 Å². The van der Waals surface area contributed by atoms with Gasteiger partial charge in [0, 0.05) is 18.5 Å². The number of aromatic nitrogens is 2. The first kappa shape index (κ1) is 14.9. The van der Waals surface area contributed by atoms with Crippen molar-refractivity contribution in [1.82, 2.24) is 9.97 Å². The zero-order valence-corrected chi connectivity index (χ0v) is 13.7. The van der Waals surface area contributed by atoms with Gasteiger partial charge >= 0.3 is 0 Å². The lowest BCUT2D eigenvalue weighted by molar-refractivity contribution is 0.0448. The topological polar surface area (TPSA) is 49.2 Å². The molecule has 1 aromatic heterocycles. The van der Waals surface area contributed by atoms with Gasteiger partial charge in [-0.3, -0.25) is 0 Å². The van der Waals surface area contributed by atoms with E-state index in [1.807, 2.05) is 4.90 Å². The third kappa shape index (κ3) is 2.84. The number of benzene rings is 1. The zero-order chi connectivity index (χ0) is 15.2. The summed E-state index contributed by atoms with van der Waals surface area (Å²) in [5.41, 5.74) is -0.597. The highest BCUT2D eigenvalue weighted by molar-refractivity contribution is 9.10. The van der Waals surface area contributed by atoms with Crippen LogP contribution >= 0.6 is 27.5 Å². The van der Waals surface area contributed by atoms with Gasteiger partial charge < -0.3 is 10.0 Å². The molecule has 1 aromatic carbocycles. The van der Waals surface area contributed by atoms with Crippen molar-refractivity contribution in [2.24, 2.45) is 0 Å². The highest BCUT2D eigenvalue weighted by atomic mass is 79.9. The molecule has 3 rings (SSSR count). The van der Waals surface area contributed by atoms with Gasteiger partial charge in [-0.05, 0) is 59.4 Å². The first-order valence-corrected chi connectivity index (χ1v) is 7.83. The summed E-state index contributed by atoms with van der Waals surface area (Å²) in [6.07, 6.45) is 1.58. The molecule has 1 aliphatic rings. The van der Waals surface area contributed by atoms with Crippen LogP contribution in [0.15, 0.2) is 16.6 Å². The third-order valence-corrected chi connectivity index (χ3v) is 4.47. The van der Waals surface area contributed by atoms with Crippen molar-refractivity contribution >= 4 is 44.3 Å². The lowest BCUT2D eigenvalue weighted by Gasteiger charge is -2.37. The molecule has 1 fully saturated rings. The van der Waals surface area contributed by atoms with Crippen LogP contribution in [0.5, 0.6) is 0 Å². The Morgan fingerprint density at radius 3 is 2.90 bits per heavy atom. The maximum atomic E-state index is 14.2. The Morgan fingerprint density at radius 1 is 1.43 bits per heavy atom. The van der Waals surface area contributed by atoms with E-state index in [0.29, 0.717) is 22.2 Å². The van der Waals surface area contributed by atoms with Crippen LogP contribution in [0.3, 0.4) is 0 Å². The molecule has 0 bridgehead atoms. The van der Waals surface area contributed by atoms with Gasteiger partial charge in [0.15, 0.2) is 5.82 Å². The number of hydrogen-bond acceptors (Lipinski definition) is 4. The smallest absolute Gasteiger partial charge is 0.225 e. The minimum atomic E-state index is -0.782. The van der Waals surface area contributed by atoms with Crippen molar-refractivity contribution in [1.29, 1.82) is 0 Å². The number of anilines is 1. The second kappa shape index (κ2) is 5.34. The van der Waals surface area contributed by atoms with E-state index in [0.717, 1.165) is 19.4 Å². The SMILES string of the molecule is CC1(O)CCCN(c2nc(Cl)nc3c(F)c(Br)ccc23)C1. The quantitative estimate of drug-likeness (QED) is 0.776. The number of fused-ring (bicyclic) bond motifs is 1. The van der Waals surface area contributed by atoms with Crippen LogP contribution in [0.25, 0.3) is 10.9 Å². The number of hydrogen-bond donors (Lipinski definition) is 1. The molecule has 2 heterocycles. The monoisotopic (exact) mass is 373 g/mol. The Kier molecular flexibility index (Phi) is 3.80. The summed E-state index contributed by atoms with van der Waals surface area (Å²) in [6, 6.07) is 3.39. The molecule has 1 N–H and O–H groups in total. The second-order valence-corrected chi connectivity index (χ2v) is 6.79. The summed E-state index contributed by atoms with van der Waals surface area (Å²) in [6.45, 7) is 2.98. The largest absolute Gasteiger partial charge is 0.388 e. The third-order valence-electron chi connectivity index (χ3n) is 3.69. The summed E-state index contributed by atoms with van der Waals surface area (Å²) in [7, 11) is 0. The summed E-state index contributed by atoms with van der Waals surface area (Å²) in [5.74, 6) is 0.109. The Balaban J connectivity index is 2.16. The highest BCUT2D eigenvalue weighted by Gasteiger charge is 2.30. The van der Waals surface area contributed by atoms with E-state index in [2.05, 4.69) is 25.9 Å².